The van der Waals surface area contributed by atoms with E-state index < -0.39 is 53.8 Å². The molecule has 0 fully saturated rings. The van der Waals surface area contributed by atoms with E-state index in [4.69, 9.17) is 11.5 Å². The number of aromatic hydroxyl groups is 1. The van der Waals surface area contributed by atoms with E-state index in [1.165, 1.54) is 12.1 Å². The van der Waals surface area contributed by atoms with Crippen LogP contribution in [0, 0.1) is 0 Å². The number of carboxylic acids is 1. The molecule has 0 saturated carbocycles. The summed E-state index contributed by atoms with van der Waals surface area (Å²) < 4.78 is 0. The standard InChI is InChI=1S/C34H38N6O7/c35-25(16-20-6-2-1-3-7-20)31(43)39-28(17-21-10-12-23(41)13-11-21)33(45)38-27(14-15-30(36)42)32(44)40-29(34(46)47)18-22-19-37-26-9-5-4-8-24(22)26/h1-13,19,25,27-29,37,41H,14-18,35H2,(H2,36,42)(H,38,45)(H,39,43)(H,40,44)(H,46,47). The van der Waals surface area contributed by atoms with Crippen LogP contribution in [0.1, 0.15) is 29.5 Å². The van der Waals surface area contributed by atoms with Crippen LogP contribution in [0.5, 0.6) is 5.75 Å². The molecule has 4 aromatic rings. The van der Waals surface area contributed by atoms with Gasteiger partial charge in [0.05, 0.1) is 6.04 Å². The third-order valence-electron chi connectivity index (χ3n) is 7.67. The van der Waals surface area contributed by atoms with E-state index in [1.807, 2.05) is 54.6 Å². The number of phenolic OH excluding ortho intramolecular Hbond substituents is 1. The maximum Gasteiger partial charge on any atom is 0.326 e. The summed E-state index contributed by atoms with van der Waals surface area (Å²) in [7, 11) is 0. The molecule has 0 radical (unpaired) electrons. The summed E-state index contributed by atoms with van der Waals surface area (Å²) in [5.41, 5.74) is 14.4. The van der Waals surface area contributed by atoms with Crippen LogP contribution < -0.4 is 27.4 Å². The smallest absolute Gasteiger partial charge is 0.326 e. The summed E-state index contributed by atoms with van der Waals surface area (Å²) in [5, 5.41) is 28.1. The number of para-hydroxylation sites is 1. The van der Waals surface area contributed by atoms with Crippen LogP contribution >= 0.6 is 0 Å². The first-order valence-corrected chi connectivity index (χ1v) is 15.0. The number of phenols is 1. The first kappa shape index (κ1) is 34.2. The van der Waals surface area contributed by atoms with Crippen LogP contribution in [0.4, 0.5) is 0 Å². The fourth-order valence-corrected chi connectivity index (χ4v) is 5.14. The molecule has 0 aliphatic heterocycles. The Bertz CT molecular complexity index is 1710. The lowest BCUT2D eigenvalue weighted by Crippen LogP contribution is -2.58. The summed E-state index contributed by atoms with van der Waals surface area (Å²) in [6.45, 7) is 0. The van der Waals surface area contributed by atoms with Gasteiger partial charge in [0.15, 0.2) is 0 Å². The molecule has 1 aromatic heterocycles. The van der Waals surface area contributed by atoms with Crippen LogP contribution in [0.15, 0.2) is 85.1 Å². The van der Waals surface area contributed by atoms with E-state index in [0.717, 1.165) is 16.5 Å². The summed E-state index contributed by atoms with van der Waals surface area (Å²) in [6.07, 6.45) is 1.28. The minimum absolute atomic E-state index is 0.00692. The van der Waals surface area contributed by atoms with Gasteiger partial charge in [-0.15, -0.1) is 0 Å². The Balaban J connectivity index is 1.51. The van der Waals surface area contributed by atoms with Gasteiger partial charge in [-0.05, 0) is 47.7 Å². The summed E-state index contributed by atoms with van der Waals surface area (Å²) in [6, 6.07) is 17.5. The zero-order valence-corrected chi connectivity index (χ0v) is 25.5. The molecular formula is C34H38N6O7. The third-order valence-corrected chi connectivity index (χ3v) is 7.67. The van der Waals surface area contributed by atoms with E-state index in [0.29, 0.717) is 11.1 Å². The number of nitrogens with one attached hydrogen (secondary N) is 4. The van der Waals surface area contributed by atoms with Gasteiger partial charge in [-0.1, -0.05) is 60.7 Å². The van der Waals surface area contributed by atoms with Gasteiger partial charge < -0.3 is 42.6 Å². The van der Waals surface area contributed by atoms with Gasteiger partial charge in [-0.2, -0.15) is 0 Å². The highest BCUT2D eigenvalue weighted by Gasteiger charge is 2.31. The van der Waals surface area contributed by atoms with Gasteiger partial charge in [0, 0.05) is 36.4 Å². The molecule has 13 nitrogen and oxygen atoms in total. The van der Waals surface area contributed by atoms with E-state index in [-0.39, 0.29) is 37.9 Å². The van der Waals surface area contributed by atoms with Crippen LogP contribution in [-0.4, -0.2) is 69.0 Å². The van der Waals surface area contributed by atoms with Crippen molar-refractivity contribution >= 4 is 40.5 Å². The summed E-state index contributed by atoms with van der Waals surface area (Å²) in [5.74, 6) is -4.25. The number of rotatable bonds is 16. The molecule has 246 valence electrons. The molecule has 1 heterocycles. The quantitative estimate of drug-likeness (QED) is 0.0878. The van der Waals surface area contributed by atoms with Crippen molar-refractivity contribution in [1.82, 2.24) is 20.9 Å². The molecule has 0 aliphatic rings. The van der Waals surface area contributed by atoms with E-state index in [2.05, 4.69) is 20.9 Å². The molecule has 4 rings (SSSR count). The third kappa shape index (κ3) is 9.90. The molecule has 4 amide bonds. The highest BCUT2D eigenvalue weighted by atomic mass is 16.4. The SMILES string of the molecule is NC(=O)CCC(NC(=O)C(Cc1ccc(O)cc1)NC(=O)C(N)Cc1ccccc1)C(=O)NC(Cc1c[nH]c2ccccc12)C(=O)O. The second-order valence-corrected chi connectivity index (χ2v) is 11.3. The van der Waals surface area contributed by atoms with Crippen molar-refractivity contribution in [2.24, 2.45) is 11.5 Å². The fraction of sp³-hybridized carbons (Fsp3) is 0.265. The number of hydrogen-bond acceptors (Lipinski definition) is 7. The average Bonchev–Trinajstić information content (AvgIpc) is 3.46. The number of amides is 4. The monoisotopic (exact) mass is 642 g/mol. The average molecular weight is 643 g/mol. The summed E-state index contributed by atoms with van der Waals surface area (Å²) in [4.78, 5) is 67.2. The molecule has 3 aromatic carbocycles. The van der Waals surface area contributed by atoms with E-state index in [1.54, 1.807) is 18.3 Å². The molecule has 0 spiro atoms. The van der Waals surface area contributed by atoms with Gasteiger partial charge in [0.1, 0.15) is 23.9 Å². The van der Waals surface area contributed by atoms with E-state index in [9.17, 15) is 34.2 Å². The first-order chi connectivity index (χ1) is 22.5. The zero-order chi connectivity index (χ0) is 33.9. The minimum atomic E-state index is -1.36. The number of carbonyl (C=O) groups is 5. The lowest BCUT2D eigenvalue weighted by atomic mass is 10.0. The number of benzene rings is 3. The van der Waals surface area contributed by atoms with Crippen LogP contribution in [0.2, 0.25) is 0 Å². The number of carboxylic acid groups (broad SMARTS) is 1. The Hall–Kier alpha value is -5.69. The van der Waals surface area contributed by atoms with Crippen molar-refractivity contribution in [3.63, 3.8) is 0 Å². The lowest BCUT2D eigenvalue weighted by molar-refractivity contribution is -0.142. The van der Waals surface area contributed by atoms with Gasteiger partial charge >= 0.3 is 5.97 Å². The zero-order valence-electron chi connectivity index (χ0n) is 25.5. The normalized spacial score (nSPS) is 13.6. The Morgan fingerprint density at radius 1 is 0.702 bits per heavy atom. The largest absolute Gasteiger partial charge is 0.508 e. The second-order valence-electron chi connectivity index (χ2n) is 11.3. The van der Waals surface area contributed by atoms with Crippen LogP contribution in [-0.2, 0) is 43.2 Å². The molecule has 10 N–H and O–H groups in total. The molecule has 47 heavy (non-hydrogen) atoms. The van der Waals surface area contributed by atoms with Crippen molar-refractivity contribution in [3.8, 4) is 5.75 Å². The highest BCUT2D eigenvalue weighted by molar-refractivity contribution is 5.95. The number of nitrogens with two attached hydrogens (primary N) is 2. The van der Waals surface area contributed by atoms with Crippen LogP contribution in [0.3, 0.4) is 0 Å². The summed E-state index contributed by atoms with van der Waals surface area (Å²) >= 11 is 0. The van der Waals surface area contributed by atoms with Gasteiger partial charge in [0.2, 0.25) is 23.6 Å². The number of aromatic amines is 1. The predicted molar refractivity (Wildman–Crippen MR) is 174 cm³/mol. The number of hydrogen-bond donors (Lipinski definition) is 8. The Kier molecular flexibility index (Phi) is 11.7. The maximum absolute atomic E-state index is 13.7. The van der Waals surface area contributed by atoms with Crippen molar-refractivity contribution in [2.75, 3.05) is 0 Å². The van der Waals surface area contributed by atoms with Crippen molar-refractivity contribution < 1.29 is 34.2 Å². The van der Waals surface area contributed by atoms with Crippen molar-refractivity contribution in [2.45, 2.75) is 56.3 Å². The fourth-order valence-electron chi connectivity index (χ4n) is 5.14. The number of aromatic nitrogens is 1. The molecular weight excluding hydrogens is 604 g/mol. The molecule has 13 heteroatoms. The van der Waals surface area contributed by atoms with Gasteiger partial charge in [-0.25, -0.2) is 4.79 Å². The number of carbonyl (C=O) groups excluding carboxylic acids is 4. The Labute approximate surface area is 270 Å². The van der Waals surface area contributed by atoms with Crippen molar-refractivity contribution in [1.29, 1.82) is 0 Å². The maximum atomic E-state index is 13.7. The van der Waals surface area contributed by atoms with Gasteiger partial charge in [-0.3, -0.25) is 19.2 Å². The Morgan fingerprint density at radius 2 is 1.30 bits per heavy atom. The van der Waals surface area contributed by atoms with Gasteiger partial charge in [0.25, 0.3) is 0 Å². The topological polar surface area (TPSA) is 230 Å². The minimum Gasteiger partial charge on any atom is -0.508 e. The highest BCUT2D eigenvalue weighted by Crippen LogP contribution is 2.19. The Morgan fingerprint density at radius 3 is 1.98 bits per heavy atom. The predicted octanol–water partition coefficient (Wildman–Crippen LogP) is 1.03. The number of primary amides is 1. The number of fused-ring (bicyclic) bond motifs is 1. The molecule has 4 unspecified atom stereocenters. The van der Waals surface area contributed by atoms with Crippen molar-refractivity contribution in [3.05, 3.63) is 102 Å². The number of H-pyrrole nitrogens is 1. The molecule has 0 saturated heterocycles. The molecule has 4 atom stereocenters. The van der Waals surface area contributed by atoms with E-state index >= 15 is 0 Å². The second kappa shape index (κ2) is 16.0. The molecule has 0 aliphatic carbocycles. The lowest BCUT2D eigenvalue weighted by Gasteiger charge is -2.25. The first-order valence-electron chi connectivity index (χ1n) is 15.0. The number of aliphatic carboxylic acids is 1. The molecule has 0 bridgehead atoms. The van der Waals surface area contributed by atoms with Crippen LogP contribution in [0.25, 0.3) is 10.9 Å².